The lowest BCUT2D eigenvalue weighted by atomic mass is 10.2. The van der Waals surface area contributed by atoms with Crippen molar-refractivity contribution in [3.63, 3.8) is 0 Å². The molecule has 1 aliphatic rings. The van der Waals surface area contributed by atoms with Crippen molar-refractivity contribution in [2.24, 2.45) is 5.92 Å². The molecule has 0 bridgehead atoms. The molecule has 70 valence electrons. The van der Waals surface area contributed by atoms with Crippen LogP contribution in [0.5, 0.6) is 0 Å². The molecular formula is C9H16BrNO. The zero-order valence-electron chi connectivity index (χ0n) is 7.48. The molecular weight excluding hydrogens is 218 g/mol. The molecule has 1 saturated carbocycles. The van der Waals surface area contributed by atoms with Gasteiger partial charge in [-0.25, -0.2) is 0 Å². The van der Waals surface area contributed by atoms with Crippen LogP contribution in [0.3, 0.4) is 0 Å². The Balaban J connectivity index is 1.94. The summed E-state index contributed by atoms with van der Waals surface area (Å²) in [5.41, 5.74) is 0. The maximum Gasteiger partial charge on any atom is 0.220 e. The Morgan fingerprint density at radius 1 is 1.67 bits per heavy atom. The van der Waals surface area contributed by atoms with Crippen molar-refractivity contribution in [1.29, 1.82) is 0 Å². The van der Waals surface area contributed by atoms with E-state index in [0.29, 0.717) is 10.7 Å². The first-order valence-electron chi connectivity index (χ1n) is 4.59. The third-order valence-corrected chi connectivity index (χ3v) is 2.49. The van der Waals surface area contributed by atoms with Gasteiger partial charge in [-0.2, -0.15) is 0 Å². The molecule has 1 atom stereocenters. The molecule has 0 aromatic carbocycles. The minimum absolute atomic E-state index is 0.227. The number of carbonyl (C=O) groups is 1. The summed E-state index contributed by atoms with van der Waals surface area (Å²) in [6, 6.07) is 0. The van der Waals surface area contributed by atoms with Crippen molar-refractivity contribution < 1.29 is 4.79 Å². The van der Waals surface area contributed by atoms with Crippen molar-refractivity contribution in [2.45, 2.75) is 37.4 Å². The quantitative estimate of drug-likeness (QED) is 0.725. The van der Waals surface area contributed by atoms with Crippen LogP contribution in [-0.2, 0) is 4.79 Å². The van der Waals surface area contributed by atoms with E-state index in [1.54, 1.807) is 0 Å². The first kappa shape index (κ1) is 10.0. The van der Waals surface area contributed by atoms with Crippen molar-refractivity contribution in [3.05, 3.63) is 0 Å². The van der Waals surface area contributed by atoms with E-state index in [9.17, 15) is 4.79 Å². The fourth-order valence-corrected chi connectivity index (χ4v) is 1.30. The van der Waals surface area contributed by atoms with E-state index < -0.39 is 0 Å². The summed E-state index contributed by atoms with van der Waals surface area (Å²) in [4.78, 5) is 11.6. The Kier molecular flexibility index (Phi) is 4.06. The second-order valence-electron chi connectivity index (χ2n) is 3.57. The Morgan fingerprint density at radius 2 is 2.33 bits per heavy atom. The lowest BCUT2D eigenvalue weighted by molar-refractivity contribution is -0.121. The highest BCUT2D eigenvalue weighted by Crippen LogP contribution is 2.31. The second-order valence-corrected chi connectivity index (χ2v) is 5.13. The minimum Gasteiger partial charge on any atom is -0.356 e. The average Bonchev–Trinajstić information content (AvgIpc) is 2.70. The van der Waals surface area contributed by atoms with Gasteiger partial charge >= 0.3 is 0 Å². The van der Waals surface area contributed by atoms with Gasteiger partial charge in [-0.1, -0.05) is 22.9 Å². The van der Waals surface area contributed by atoms with Crippen LogP contribution in [0, 0.1) is 5.92 Å². The molecule has 3 heteroatoms. The number of amides is 1. The Labute approximate surface area is 82.2 Å². The number of hydrogen-bond donors (Lipinski definition) is 1. The summed E-state index contributed by atoms with van der Waals surface area (Å²) in [5.74, 6) is 0.928. The molecule has 1 rings (SSSR count). The molecule has 12 heavy (non-hydrogen) atoms. The summed E-state index contributed by atoms with van der Waals surface area (Å²) in [6.45, 7) is 2.89. The fourth-order valence-electron chi connectivity index (χ4n) is 1.07. The van der Waals surface area contributed by atoms with E-state index in [0.717, 1.165) is 19.4 Å². The van der Waals surface area contributed by atoms with E-state index in [1.165, 1.54) is 12.8 Å². The van der Waals surface area contributed by atoms with Gasteiger partial charge in [0.15, 0.2) is 0 Å². The third kappa shape index (κ3) is 4.75. The largest absolute Gasteiger partial charge is 0.356 e. The number of alkyl halides is 1. The lowest BCUT2D eigenvalue weighted by Crippen LogP contribution is -2.25. The van der Waals surface area contributed by atoms with Crippen LogP contribution in [0.15, 0.2) is 0 Å². The van der Waals surface area contributed by atoms with Crippen LogP contribution in [0.2, 0.25) is 0 Å². The van der Waals surface area contributed by atoms with Crippen LogP contribution in [-0.4, -0.2) is 17.3 Å². The zero-order chi connectivity index (χ0) is 8.97. The van der Waals surface area contributed by atoms with Crippen molar-refractivity contribution in [2.75, 3.05) is 6.54 Å². The van der Waals surface area contributed by atoms with E-state index in [1.807, 2.05) is 0 Å². The van der Waals surface area contributed by atoms with E-state index in [2.05, 4.69) is 28.2 Å². The average molecular weight is 234 g/mol. The van der Waals surface area contributed by atoms with Crippen molar-refractivity contribution in [1.82, 2.24) is 5.32 Å². The van der Waals surface area contributed by atoms with Crippen LogP contribution < -0.4 is 5.32 Å². The number of hydrogen-bond acceptors (Lipinski definition) is 1. The normalized spacial score (nSPS) is 18.8. The summed E-state index contributed by atoms with van der Waals surface area (Å²) in [6.07, 6.45) is 4.26. The highest BCUT2D eigenvalue weighted by molar-refractivity contribution is 9.09. The summed E-state index contributed by atoms with van der Waals surface area (Å²) >= 11 is 3.44. The molecule has 1 amide bonds. The monoisotopic (exact) mass is 233 g/mol. The Morgan fingerprint density at radius 3 is 2.83 bits per heavy atom. The maximum absolute atomic E-state index is 11.1. The van der Waals surface area contributed by atoms with Gasteiger partial charge in [0.1, 0.15) is 0 Å². The van der Waals surface area contributed by atoms with Gasteiger partial charge in [0.05, 0.1) is 0 Å². The fraction of sp³-hybridized carbons (Fsp3) is 0.889. The highest BCUT2D eigenvalue weighted by Gasteiger charge is 2.23. The molecule has 0 aromatic rings. The molecule has 1 fully saturated rings. The van der Waals surface area contributed by atoms with Gasteiger partial charge in [-0.3, -0.25) is 4.79 Å². The van der Waals surface area contributed by atoms with E-state index in [-0.39, 0.29) is 5.91 Å². The predicted octanol–water partition coefficient (Wildman–Crippen LogP) is 2.08. The van der Waals surface area contributed by atoms with E-state index >= 15 is 0 Å². The van der Waals surface area contributed by atoms with Crippen molar-refractivity contribution >= 4 is 21.8 Å². The Bertz CT molecular complexity index is 155. The third-order valence-electron chi connectivity index (χ3n) is 2.04. The molecule has 1 N–H and O–H groups in total. The number of nitrogens with one attached hydrogen (secondary N) is 1. The highest BCUT2D eigenvalue weighted by atomic mass is 79.9. The molecule has 0 saturated heterocycles. The summed E-state index contributed by atoms with van der Waals surface area (Å²) < 4.78 is 0. The Hall–Kier alpha value is -0.0500. The smallest absolute Gasteiger partial charge is 0.220 e. The molecule has 0 radical (unpaired) electrons. The SMILES string of the molecule is CC(Br)CCNC(=O)CC1CC1. The van der Waals surface area contributed by atoms with Gasteiger partial charge in [0, 0.05) is 17.8 Å². The molecule has 0 aliphatic heterocycles. The van der Waals surface area contributed by atoms with Crippen LogP contribution in [0.1, 0.15) is 32.6 Å². The van der Waals surface area contributed by atoms with Gasteiger partial charge in [-0.15, -0.1) is 0 Å². The lowest BCUT2D eigenvalue weighted by Gasteiger charge is -2.05. The second kappa shape index (κ2) is 4.85. The first-order chi connectivity index (χ1) is 5.68. The standard InChI is InChI=1S/C9H16BrNO/c1-7(10)4-5-11-9(12)6-8-2-3-8/h7-8H,2-6H2,1H3,(H,11,12). The first-order valence-corrected chi connectivity index (χ1v) is 5.51. The van der Waals surface area contributed by atoms with Crippen LogP contribution in [0.25, 0.3) is 0 Å². The number of halogens is 1. The molecule has 0 heterocycles. The molecule has 1 unspecified atom stereocenters. The van der Waals surface area contributed by atoms with Gasteiger partial charge in [0.25, 0.3) is 0 Å². The van der Waals surface area contributed by atoms with E-state index in [4.69, 9.17) is 0 Å². The van der Waals surface area contributed by atoms with Crippen molar-refractivity contribution in [3.8, 4) is 0 Å². The topological polar surface area (TPSA) is 29.1 Å². The molecule has 0 spiro atoms. The molecule has 1 aliphatic carbocycles. The van der Waals surface area contributed by atoms with Gasteiger partial charge in [-0.05, 0) is 25.2 Å². The maximum atomic E-state index is 11.1. The molecule has 2 nitrogen and oxygen atoms in total. The molecule has 0 aromatic heterocycles. The van der Waals surface area contributed by atoms with Gasteiger partial charge < -0.3 is 5.32 Å². The summed E-state index contributed by atoms with van der Waals surface area (Å²) in [7, 11) is 0. The van der Waals surface area contributed by atoms with Crippen LogP contribution in [0.4, 0.5) is 0 Å². The minimum atomic E-state index is 0.227. The van der Waals surface area contributed by atoms with Gasteiger partial charge in [0.2, 0.25) is 5.91 Å². The number of carbonyl (C=O) groups excluding carboxylic acids is 1. The number of rotatable bonds is 5. The summed E-state index contributed by atoms with van der Waals surface area (Å²) in [5, 5.41) is 2.92. The van der Waals surface area contributed by atoms with Crippen LogP contribution >= 0.6 is 15.9 Å². The zero-order valence-corrected chi connectivity index (χ0v) is 9.06. The predicted molar refractivity (Wildman–Crippen MR) is 53.4 cm³/mol.